The van der Waals surface area contributed by atoms with Crippen LogP contribution >= 0.6 is 11.3 Å². The van der Waals surface area contributed by atoms with Crippen molar-refractivity contribution in [1.29, 1.82) is 0 Å². The van der Waals surface area contributed by atoms with Crippen LogP contribution in [-0.4, -0.2) is 25.1 Å². The van der Waals surface area contributed by atoms with Crippen LogP contribution in [0.5, 0.6) is 0 Å². The summed E-state index contributed by atoms with van der Waals surface area (Å²) in [5.74, 6) is -0.400. The molecule has 1 N–H and O–H groups in total. The molecule has 5 heteroatoms. The van der Waals surface area contributed by atoms with E-state index in [1.54, 1.807) is 12.4 Å². The highest BCUT2D eigenvalue weighted by molar-refractivity contribution is 7.13. The van der Waals surface area contributed by atoms with Crippen LogP contribution in [0.2, 0.25) is 0 Å². The third kappa shape index (κ3) is 1.68. The van der Waals surface area contributed by atoms with Gasteiger partial charge in [0.05, 0.1) is 7.11 Å². The minimum absolute atomic E-state index is 0.349. The second kappa shape index (κ2) is 3.34. The van der Waals surface area contributed by atoms with Gasteiger partial charge in [0.25, 0.3) is 0 Å². The summed E-state index contributed by atoms with van der Waals surface area (Å²) >= 11 is 1.37. The molecule has 0 spiro atoms. The SMILES string of the molecule is CNc1nc(C(=O)OC)cs1. The minimum Gasteiger partial charge on any atom is -0.464 e. The van der Waals surface area contributed by atoms with Gasteiger partial charge in [-0.1, -0.05) is 0 Å². The predicted molar refractivity (Wildman–Crippen MR) is 43.0 cm³/mol. The number of methoxy groups -OCH3 is 1. The van der Waals surface area contributed by atoms with E-state index >= 15 is 0 Å². The third-order valence-corrected chi connectivity index (χ3v) is 1.97. The number of carbonyl (C=O) groups excluding carboxylic acids is 1. The van der Waals surface area contributed by atoms with E-state index in [1.165, 1.54) is 18.4 Å². The Hall–Kier alpha value is -1.10. The van der Waals surface area contributed by atoms with Crippen molar-refractivity contribution in [2.24, 2.45) is 0 Å². The highest BCUT2D eigenvalue weighted by Crippen LogP contribution is 2.14. The lowest BCUT2D eigenvalue weighted by molar-refractivity contribution is 0.0595. The smallest absolute Gasteiger partial charge is 0.357 e. The molecule has 0 bridgehead atoms. The molecule has 0 saturated heterocycles. The van der Waals surface area contributed by atoms with Crippen molar-refractivity contribution in [3.8, 4) is 0 Å². The number of hydrogen-bond acceptors (Lipinski definition) is 5. The van der Waals surface area contributed by atoms with Crippen molar-refractivity contribution in [3.63, 3.8) is 0 Å². The highest BCUT2D eigenvalue weighted by Gasteiger charge is 2.08. The topological polar surface area (TPSA) is 51.2 Å². The van der Waals surface area contributed by atoms with Gasteiger partial charge >= 0.3 is 5.97 Å². The molecule has 1 aromatic rings. The largest absolute Gasteiger partial charge is 0.464 e. The maximum Gasteiger partial charge on any atom is 0.357 e. The van der Waals surface area contributed by atoms with Gasteiger partial charge in [0.2, 0.25) is 0 Å². The summed E-state index contributed by atoms with van der Waals surface area (Å²) in [6.45, 7) is 0. The fourth-order valence-electron chi connectivity index (χ4n) is 0.587. The zero-order chi connectivity index (χ0) is 8.27. The number of nitrogens with zero attached hydrogens (tertiary/aromatic N) is 1. The second-order valence-corrected chi connectivity index (χ2v) is 2.64. The predicted octanol–water partition coefficient (Wildman–Crippen LogP) is 0.971. The second-order valence-electron chi connectivity index (χ2n) is 1.78. The van der Waals surface area contributed by atoms with Crippen molar-refractivity contribution < 1.29 is 9.53 Å². The standard InChI is InChI=1S/C6H8N2O2S/c1-7-6-8-4(3-11-6)5(9)10-2/h3H,1-2H3,(H,7,8). The Morgan fingerprint density at radius 2 is 2.55 bits per heavy atom. The van der Waals surface area contributed by atoms with Gasteiger partial charge in [-0.3, -0.25) is 0 Å². The first-order chi connectivity index (χ1) is 5.27. The first-order valence-corrected chi connectivity index (χ1v) is 3.87. The average Bonchev–Trinajstić information content (AvgIpc) is 2.50. The lowest BCUT2D eigenvalue weighted by atomic mass is 10.5. The Morgan fingerprint density at radius 3 is 3.00 bits per heavy atom. The van der Waals surface area contributed by atoms with Crippen molar-refractivity contribution >= 4 is 22.4 Å². The summed E-state index contributed by atoms with van der Waals surface area (Å²) in [6, 6.07) is 0. The molecular weight excluding hydrogens is 164 g/mol. The number of anilines is 1. The molecule has 60 valence electrons. The number of ether oxygens (including phenoxy) is 1. The molecule has 1 aromatic heterocycles. The van der Waals surface area contributed by atoms with Crippen LogP contribution in [0.1, 0.15) is 10.5 Å². The quantitative estimate of drug-likeness (QED) is 0.675. The molecule has 0 saturated carbocycles. The number of hydrogen-bond donors (Lipinski definition) is 1. The average molecular weight is 172 g/mol. The van der Waals surface area contributed by atoms with Gasteiger partial charge in [0, 0.05) is 12.4 Å². The fourth-order valence-corrected chi connectivity index (χ4v) is 1.23. The molecule has 1 rings (SSSR count). The molecule has 0 aliphatic heterocycles. The molecular formula is C6H8N2O2S. The Morgan fingerprint density at radius 1 is 1.82 bits per heavy atom. The number of carbonyl (C=O) groups is 1. The Kier molecular flexibility index (Phi) is 2.43. The first kappa shape index (κ1) is 8.00. The lowest BCUT2D eigenvalue weighted by Crippen LogP contribution is -2.01. The van der Waals surface area contributed by atoms with Crippen molar-refractivity contribution in [2.45, 2.75) is 0 Å². The van der Waals surface area contributed by atoms with E-state index in [9.17, 15) is 4.79 Å². The van der Waals surface area contributed by atoms with Crippen LogP contribution in [0.15, 0.2) is 5.38 Å². The number of esters is 1. The zero-order valence-corrected chi connectivity index (χ0v) is 7.07. The van der Waals surface area contributed by atoms with Gasteiger partial charge in [-0.05, 0) is 0 Å². The molecule has 0 atom stereocenters. The molecule has 0 amide bonds. The van der Waals surface area contributed by atoms with Crippen LogP contribution in [0, 0.1) is 0 Å². The normalized spacial score (nSPS) is 9.27. The number of aromatic nitrogens is 1. The molecule has 0 aromatic carbocycles. The van der Waals surface area contributed by atoms with E-state index in [-0.39, 0.29) is 0 Å². The van der Waals surface area contributed by atoms with E-state index in [1.807, 2.05) is 0 Å². The molecule has 0 aliphatic rings. The van der Waals surface area contributed by atoms with Crippen molar-refractivity contribution in [3.05, 3.63) is 11.1 Å². The van der Waals surface area contributed by atoms with Crippen LogP contribution in [-0.2, 0) is 4.74 Å². The maximum atomic E-state index is 10.8. The molecule has 0 unspecified atom stereocenters. The summed E-state index contributed by atoms with van der Waals surface area (Å²) in [5, 5.41) is 5.19. The van der Waals surface area contributed by atoms with E-state index < -0.39 is 5.97 Å². The highest BCUT2D eigenvalue weighted by atomic mass is 32.1. The van der Waals surface area contributed by atoms with Crippen LogP contribution in [0.4, 0.5) is 5.13 Å². The Labute approximate surface area is 68.2 Å². The van der Waals surface area contributed by atoms with Crippen LogP contribution in [0.3, 0.4) is 0 Å². The van der Waals surface area contributed by atoms with Crippen molar-refractivity contribution in [2.75, 3.05) is 19.5 Å². The zero-order valence-electron chi connectivity index (χ0n) is 6.25. The van der Waals surface area contributed by atoms with Gasteiger partial charge in [0.15, 0.2) is 10.8 Å². The van der Waals surface area contributed by atoms with E-state index in [0.29, 0.717) is 10.8 Å². The Balaban J connectivity index is 2.80. The molecule has 4 nitrogen and oxygen atoms in total. The third-order valence-electron chi connectivity index (χ3n) is 1.11. The summed E-state index contributed by atoms with van der Waals surface area (Å²) in [6.07, 6.45) is 0. The molecule has 0 radical (unpaired) electrons. The summed E-state index contributed by atoms with van der Waals surface area (Å²) in [4.78, 5) is 14.8. The van der Waals surface area contributed by atoms with E-state index in [0.717, 1.165) is 0 Å². The first-order valence-electron chi connectivity index (χ1n) is 2.99. The molecule has 0 fully saturated rings. The monoisotopic (exact) mass is 172 g/mol. The van der Waals surface area contributed by atoms with Gasteiger partial charge in [-0.15, -0.1) is 11.3 Å². The van der Waals surface area contributed by atoms with Gasteiger partial charge in [-0.2, -0.15) is 0 Å². The number of thiazole rings is 1. The van der Waals surface area contributed by atoms with Crippen LogP contribution in [0.25, 0.3) is 0 Å². The summed E-state index contributed by atoms with van der Waals surface area (Å²) in [5.41, 5.74) is 0.349. The number of rotatable bonds is 2. The fraction of sp³-hybridized carbons (Fsp3) is 0.333. The maximum absolute atomic E-state index is 10.8. The van der Waals surface area contributed by atoms with E-state index in [4.69, 9.17) is 0 Å². The molecule has 11 heavy (non-hydrogen) atoms. The minimum atomic E-state index is -0.400. The molecule has 1 heterocycles. The lowest BCUT2D eigenvalue weighted by Gasteiger charge is -1.91. The summed E-state index contributed by atoms with van der Waals surface area (Å²) in [7, 11) is 3.08. The van der Waals surface area contributed by atoms with Gasteiger partial charge in [0.1, 0.15) is 0 Å². The van der Waals surface area contributed by atoms with Gasteiger partial charge < -0.3 is 10.1 Å². The Bertz CT molecular complexity index is 259. The van der Waals surface area contributed by atoms with Crippen molar-refractivity contribution in [1.82, 2.24) is 4.98 Å². The van der Waals surface area contributed by atoms with E-state index in [2.05, 4.69) is 15.0 Å². The van der Waals surface area contributed by atoms with Gasteiger partial charge in [-0.25, -0.2) is 9.78 Å². The molecule has 0 aliphatic carbocycles. The summed E-state index contributed by atoms with van der Waals surface area (Å²) < 4.78 is 4.47. The van der Waals surface area contributed by atoms with Crippen LogP contribution < -0.4 is 5.32 Å². The number of nitrogens with one attached hydrogen (secondary N) is 1.